The first-order valence-corrected chi connectivity index (χ1v) is 8.85. The van der Waals surface area contributed by atoms with Crippen molar-refractivity contribution in [3.63, 3.8) is 0 Å². The van der Waals surface area contributed by atoms with Crippen LogP contribution in [0.3, 0.4) is 0 Å². The third-order valence-electron chi connectivity index (χ3n) is 3.85. The molecule has 0 radical (unpaired) electrons. The first-order chi connectivity index (χ1) is 9.40. The maximum absolute atomic E-state index is 12.5. The zero-order valence-corrected chi connectivity index (χ0v) is 13.2. The molecule has 2 unspecified atom stereocenters. The number of hydrogen-bond donors (Lipinski definition) is 1. The summed E-state index contributed by atoms with van der Waals surface area (Å²) in [7, 11) is -3.33. The molecule has 0 bridgehead atoms. The van der Waals surface area contributed by atoms with Gasteiger partial charge in [-0.1, -0.05) is 29.8 Å². The molecule has 20 heavy (non-hydrogen) atoms. The number of halogens is 1. The number of rotatable bonds is 4. The largest absolute Gasteiger partial charge is 0.328 e. The van der Waals surface area contributed by atoms with Gasteiger partial charge in [-0.3, -0.25) is 0 Å². The van der Waals surface area contributed by atoms with E-state index in [9.17, 15) is 8.42 Å². The number of hydrogen-bond acceptors (Lipinski definition) is 3. The Hall–Kier alpha value is -0.620. The minimum Gasteiger partial charge on any atom is -0.328 e. The van der Waals surface area contributed by atoms with Crippen LogP contribution in [0.4, 0.5) is 0 Å². The lowest BCUT2D eigenvalue weighted by Crippen LogP contribution is -2.45. The predicted octanol–water partition coefficient (Wildman–Crippen LogP) is 2.23. The highest BCUT2D eigenvalue weighted by molar-refractivity contribution is 7.88. The summed E-state index contributed by atoms with van der Waals surface area (Å²) in [6.07, 6.45) is 1.86. The Morgan fingerprint density at radius 1 is 1.45 bits per heavy atom. The Balaban J connectivity index is 2.12. The van der Waals surface area contributed by atoms with Gasteiger partial charge in [-0.15, -0.1) is 0 Å². The molecule has 1 heterocycles. The minimum atomic E-state index is -3.33. The number of sulfonamides is 1. The van der Waals surface area contributed by atoms with E-state index in [0.717, 1.165) is 12.8 Å². The van der Waals surface area contributed by atoms with Gasteiger partial charge in [0.15, 0.2) is 0 Å². The summed E-state index contributed by atoms with van der Waals surface area (Å²) in [5.74, 6) is 0.197. The first-order valence-electron chi connectivity index (χ1n) is 6.87. The molecule has 0 spiro atoms. The molecule has 4 nitrogen and oxygen atoms in total. The van der Waals surface area contributed by atoms with Crippen LogP contribution >= 0.6 is 11.6 Å². The summed E-state index contributed by atoms with van der Waals surface area (Å²) >= 11 is 6.05. The number of benzene rings is 1. The van der Waals surface area contributed by atoms with Gasteiger partial charge in [-0.2, -0.15) is 0 Å². The predicted molar refractivity (Wildman–Crippen MR) is 82.0 cm³/mol. The van der Waals surface area contributed by atoms with E-state index in [0.29, 0.717) is 23.7 Å². The van der Waals surface area contributed by atoms with E-state index >= 15 is 0 Å². The van der Waals surface area contributed by atoms with E-state index in [4.69, 9.17) is 17.3 Å². The number of piperidine rings is 1. The molecule has 1 saturated heterocycles. The van der Waals surface area contributed by atoms with Crippen molar-refractivity contribution < 1.29 is 8.42 Å². The summed E-state index contributed by atoms with van der Waals surface area (Å²) < 4.78 is 26.6. The fraction of sp³-hybridized carbons (Fsp3) is 0.571. The van der Waals surface area contributed by atoms with Gasteiger partial charge in [-0.05, 0) is 37.3 Å². The lowest BCUT2D eigenvalue weighted by atomic mass is 9.93. The van der Waals surface area contributed by atoms with E-state index in [1.807, 2.05) is 6.92 Å². The highest BCUT2D eigenvalue weighted by Crippen LogP contribution is 2.25. The molecule has 2 atom stereocenters. The minimum absolute atomic E-state index is 0.0216. The summed E-state index contributed by atoms with van der Waals surface area (Å²) in [5.41, 5.74) is 6.56. The first kappa shape index (κ1) is 15.8. The zero-order chi connectivity index (χ0) is 14.8. The van der Waals surface area contributed by atoms with Crippen LogP contribution in [-0.4, -0.2) is 31.9 Å². The average Bonchev–Trinajstić information content (AvgIpc) is 2.41. The smallest absolute Gasteiger partial charge is 0.218 e. The summed E-state index contributed by atoms with van der Waals surface area (Å²) in [6, 6.07) is 7.09. The van der Waals surface area contributed by atoms with Gasteiger partial charge in [0, 0.05) is 24.2 Å². The number of nitrogens with two attached hydrogens (primary N) is 1. The second-order valence-corrected chi connectivity index (χ2v) is 7.84. The maximum Gasteiger partial charge on any atom is 0.218 e. The molecule has 2 N–H and O–H groups in total. The van der Waals surface area contributed by atoms with Gasteiger partial charge in [0.2, 0.25) is 10.0 Å². The van der Waals surface area contributed by atoms with E-state index in [-0.39, 0.29) is 17.7 Å². The summed E-state index contributed by atoms with van der Waals surface area (Å²) in [4.78, 5) is 0. The average molecular weight is 317 g/mol. The van der Waals surface area contributed by atoms with Gasteiger partial charge < -0.3 is 5.73 Å². The fourth-order valence-corrected chi connectivity index (χ4v) is 4.49. The van der Waals surface area contributed by atoms with Gasteiger partial charge in [0.05, 0.1) is 5.75 Å². The van der Waals surface area contributed by atoms with Crippen LogP contribution in [0.15, 0.2) is 24.3 Å². The van der Waals surface area contributed by atoms with Gasteiger partial charge in [0.25, 0.3) is 0 Å². The van der Waals surface area contributed by atoms with Crippen molar-refractivity contribution in [3.05, 3.63) is 34.9 Å². The highest BCUT2D eigenvalue weighted by atomic mass is 35.5. The quantitative estimate of drug-likeness (QED) is 0.926. The molecule has 0 aromatic heterocycles. The van der Waals surface area contributed by atoms with Crippen molar-refractivity contribution in [2.45, 2.75) is 31.6 Å². The van der Waals surface area contributed by atoms with E-state index < -0.39 is 10.0 Å². The standard InChI is InChI=1S/C14H21ClN2O2S/c1-11(16)12-6-4-8-17(9-12)20(18,19)10-13-5-2-3-7-14(13)15/h2-3,5,7,11-12H,4,6,8-10,16H2,1H3. The summed E-state index contributed by atoms with van der Waals surface area (Å²) in [5, 5.41) is 0.497. The third-order valence-corrected chi connectivity index (χ3v) is 6.02. The third kappa shape index (κ3) is 3.73. The van der Waals surface area contributed by atoms with Crippen molar-refractivity contribution >= 4 is 21.6 Å². The van der Waals surface area contributed by atoms with Crippen LogP contribution in [0.5, 0.6) is 0 Å². The number of nitrogens with zero attached hydrogens (tertiary/aromatic N) is 1. The Bertz CT molecular complexity index is 560. The highest BCUT2D eigenvalue weighted by Gasteiger charge is 2.30. The van der Waals surface area contributed by atoms with Crippen LogP contribution < -0.4 is 5.73 Å². The molecule has 0 saturated carbocycles. The van der Waals surface area contributed by atoms with Crippen LogP contribution in [0.2, 0.25) is 5.02 Å². The normalized spacial score (nSPS) is 22.6. The molecule has 1 aliphatic heterocycles. The molecule has 1 aromatic rings. The Morgan fingerprint density at radius 2 is 2.15 bits per heavy atom. The molecule has 0 amide bonds. The Morgan fingerprint density at radius 3 is 2.80 bits per heavy atom. The molecular formula is C14H21ClN2O2S. The Kier molecular flexibility index (Phi) is 5.07. The van der Waals surface area contributed by atoms with Crippen molar-refractivity contribution in [1.29, 1.82) is 0 Å². The van der Waals surface area contributed by atoms with E-state index in [2.05, 4.69) is 0 Å². The zero-order valence-electron chi connectivity index (χ0n) is 11.6. The molecule has 2 rings (SSSR count). The van der Waals surface area contributed by atoms with Gasteiger partial charge >= 0.3 is 0 Å². The SMILES string of the molecule is CC(N)C1CCCN(S(=O)(=O)Cc2ccccc2Cl)C1. The van der Waals surface area contributed by atoms with E-state index in [1.165, 1.54) is 0 Å². The molecule has 6 heteroatoms. The van der Waals surface area contributed by atoms with Crippen LogP contribution in [0.25, 0.3) is 0 Å². The second-order valence-electron chi connectivity index (χ2n) is 5.47. The summed E-state index contributed by atoms with van der Waals surface area (Å²) in [6.45, 7) is 3.04. The second kappa shape index (κ2) is 6.43. The van der Waals surface area contributed by atoms with Gasteiger partial charge in [0.1, 0.15) is 0 Å². The lowest BCUT2D eigenvalue weighted by molar-refractivity contribution is 0.243. The Labute approximate surface area is 126 Å². The molecule has 1 aromatic carbocycles. The van der Waals surface area contributed by atoms with E-state index in [1.54, 1.807) is 28.6 Å². The lowest BCUT2D eigenvalue weighted by Gasteiger charge is -2.33. The molecule has 0 aliphatic carbocycles. The molecule has 1 aliphatic rings. The molecular weight excluding hydrogens is 296 g/mol. The van der Waals surface area contributed by atoms with Crippen molar-refractivity contribution in [2.24, 2.45) is 11.7 Å². The van der Waals surface area contributed by atoms with Crippen LogP contribution in [0, 0.1) is 5.92 Å². The molecule has 1 fully saturated rings. The monoisotopic (exact) mass is 316 g/mol. The maximum atomic E-state index is 12.5. The fourth-order valence-electron chi connectivity index (χ4n) is 2.56. The van der Waals surface area contributed by atoms with Crippen LogP contribution in [-0.2, 0) is 15.8 Å². The molecule has 112 valence electrons. The van der Waals surface area contributed by atoms with Crippen molar-refractivity contribution in [1.82, 2.24) is 4.31 Å². The van der Waals surface area contributed by atoms with Gasteiger partial charge in [-0.25, -0.2) is 12.7 Å². The van der Waals surface area contributed by atoms with Crippen molar-refractivity contribution in [3.8, 4) is 0 Å². The van der Waals surface area contributed by atoms with Crippen molar-refractivity contribution in [2.75, 3.05) is 13.1 Å². The van der Waals surface area contributed by atoms with Crippen LogP contribution in [0.1, 0.15) is 25.3 Å². The topological polar surface area (TPSA) is 63.4 Å².